The van der Waals surface area contributed by atoms with Gasteiger partial charge in [0.1, 0.15) is 17.6 Å². The molecule has 0 radical (unpaired) electrons. The van der Waals surface area contributed by atoms with E-state index in [4.69, 9.17) is 5.26 Å². The van der Waals surface area contributed by atoms with Gasteiger partial charge in [-0.1, -0.05) is 0 Å². The molecule has 0 saturated carbocycles. The molecule has 1 aromatic rings. The van der Waals surface area contributed by atoms with Crippen LogP contribution in [-0.4, -0.2) is 17.6 Å². The van der Waals surface area contributed by atoms with Gasteiger partial charge in [0, 0.05) is 0 Å². The molecule has 0 fully saturated rings. The van der Waals surface area contributed by atoms with Gasteiger partial charge < -0.3 is 4.74 Å². The van der Waals surface area contributed by atoms with E-state index < -0.39 is 35.9 Å². The molecular weight excluding hydrogens is 249 g/mol. The first-order valence-electron chi connectivity index (χ1n) is 5.02. The van der Waals surface area contributed by atoms with E-state index in [1.54, 1.807) is 6.92 Å². The zero-order chi connectivity index (χ0) is 13.7. The SMILES string of the molecule is CCOC(=O)Cc1nc(C#N)c(C(F)F)cc1F. The summed E-state index contributed by atoms with van der Waals surface area (Å²) in [6.45, 7) is 1.68. The molecule has 0 aliphatic rings. The van der Waals surface area contributed by atoms with Crippen LogP contribution in [0.3, 0.4) is 0 Å². The molecule has 0 N–H and O–H groups in total. The first-order chi connectivity index (χ1) is 8.49. The van der Waals surface area contributed by atoms with Crippen LogP contribution >= 0.6 is 0 Å². The van der Waals surface area contributed by atoms with Gasteiger partial charge in [0.2, 0.25) is 0 Å². The number of nitrogens with zero attached hydrogens (tertiary/aromatic N) is 2. The van der Waals surface area contributed by atoms with E-state index in [0.29, 0.717) is 6.07 Å². The van der Waals surface area contributed by atoms with E-state index in [-0.39, 0.29) is 12.3 Å². The van der Waals surface area contributed by atoms with E-state index in [9.17, 15) is 18.0 Å². The minimum absolute atomic E-state index is 0.112. The maximum Gasteiger partial charge on any atom is 0.311 e. The lowest BCUT2D eigenvalue weighted by atomic mass is 10.1. The minimum atomic E-state index is -3.00. The van der Waals surface area contributed by atoms with Crippen LogP contribution in [0.25, 0.3) is 0 Å². The lowest BCUT2D eigenvalue weighted by molar-refractivity contribution is -0.142. The van der Waals surface area contributed by atoms with Gasteiger partial charge in [-0.3, -0.25) is 4.79 Å². The molecule has 0 saturated heterocycles. The normalized spacial score (nSPS) is 10.2. The molecule has 0 aromatic carbocycles. The third kappa shape index (κ3) is 3.20. The summed E-state index contributed by atoms with van der Waals surface area (Å²) in [6.07, 6.45) is -3.50. The van der Waals surface area contributed by atoms with Crippen molar-refractivity contribution in [1.82, 2.24) is 4.98 Å². The minimum Gasteiger partial charge on any atom is -0.466 e. The van der Waals surface area contributed by atoms with Crippen LogP contribution in [0.5, 0.6) is 0 Å². The lowest BCUT2D eigenvalue weighted by Gasteiger charge is -2.07. The van der Waals surface area contributed by atoms with Crippen molar-refractivity contribution in [3.05, 3.63) is 28.8 Å². The van der Waals surface area contributed by atoms with E-state index in [1.165, 1.54) is 6.07 Å². The van der Waals surface area contributed by atoms with Gasteiger partial charge in [0.15, 0.2) is 0 Å². The first-order valence-corrected chi connectivity index (χ1v) is 5.02. The number of nitriles is 1. The zero-order valence-corrected chi connectivity index (χ0v) is 9.41. The molecule has 1 rings (SSSR count). The highest BCUT2D eigenvalue weighted by atomic mass is 19.3. The van der Waals surface area contributed by atoms with Crippen LogP contribution in [0.1, 0.15) is 30.3 Å². The van der Waals surface area contributed by atoms with Crippen molar-refractivity contribution in [3.8, 4) is 6.07 Å². The lowest BCUT2D eigenvalue weighted by Crippen LogP contribution is -2.12. The Morgan fingerprint density at radius 2 is 2.28 bits per heavy atom. The highest BCUT2D eigenvalue weighted by molar-refractivity contribution is 5.72. The Kier molecular flexibility index (Phi) is 4.66. The summed E-state index contributed by atoms with van der Waals surface area (Å²) in [6, 6.07) is 1.96. The van der Waals surface area contributed by atoms with Gasteiger partial charge in [-0.05, 0) is 13.0 Å². The molecule has 0 bridgehead atoms. The van der Waals surface area contributed by atoms with E-state index in [0.717, 1.165) is 0 Å². The average Bonchev–Trinajstić information content (AvgIpc) is 2.31. The Bertz CT molecular complexity index is 498. The highest BCUT2D eigenvalue weighted by Crippen LogP contribution is 2.23. The Balaban J connectivity index is 3.09. The molecule has 0 atom stereocenters. The van der Waals surface area contributed by atoms with E-state index >= 15 is 0 Å². The molecule has 1 aromatic heterocycles. The smallest absolute Gasteiger partial charge is 0.311 e. The van der Waals surface area contributed by atoms with Crippen molar-refractivity contribution < 1.29 is 22.7 Å². The number of halogens is 3. The average molecular weight is 258 g/mol. The molecule has 96 valence electrons. The molecule has 1 heterocycles. The molecular formula is C11H9F3N2O2. The number of esters is 1. The molecule has 0 amide bonds. The third-order valence-corrected chi connectivity index (χ3v) is 2.04. The number of pyridine rings is 1. The number of rotatable bonds is 4. The van der Waals surface area contributed by atoms with Crippen LogP contribution in [0.2, 0.25) is 0 Å². The van der Waals surface area contributed by atoms with Crippen LogP contribution < -0.4 is 0 Å². The second-order valence-corrected chi connectivity index (χ2v) is 3.25. The van der Waals surface area contributed by atoms with Crippen LogP contribution in [0.15, 0.2) is 6.07 Å². The van der Waals surface area contributed by atoms with Crippen LogP contribution in [0, 0.1) is 17.1 Å². The maximum atomic E-state index is 13.4. The molecule has 4 nitrogen and oxygen atoms in total. The van der Waals surface area contributed by atoms with Gasteiger partial charge >= 0.3 is 5.97 Å². The van der Waals surface area contributed by atoms with Gasteiger partial charge in [0.25, 0.3) is 6.43 Å². The number of ether oxygens (including phenoxy) is 1. The van der Waals surface area contributed by atoms with Crippen molar-refractivity contribution in [1.29, 1.82) is 5.26 Å². The van der Waals surface area contributed by atoms with Crippen molar-refractivity contribution in [2.24, 2.45) is 0 Å². The number of aromatic nitrogens is 1. The Hall–Kier alpha value is -2.10. The first kappa shape index (κ1) is 14.0. The number of alkyl halides is 2. The Labute approximate surface area is 101 Å². The predicted molar refractivity (Wildman–Crippen MR) is 54.2 cm³/mol. The molecule has 0 unspecified atom stereocenters. The van der Waals surface area contributed by atoms with E-state index in [2.05, 4.69) is 9.72 Å². The largest absolute Gasteiger partial charge is 0.466 e. The molecule has 0 aliphatic carbocycles. The molecule has 7 heteroatoms. The number of carbonyl (C=O) groups excluding carboxylic acids is 1. The fourth-order valence-corrected chi connectivity index (χ4v) is 1.27. The summed E-state index contributed by atoms with van der Waals surface area (Å²) in [5.41, 5.74) is -1.76. The summed E-state index contributed by atoms with van der Waals surface area (Å²) in [5.74, 6) is -1.80. The second-order valence-electron chi connectivity index (χ2n) is 3.25. The number of carbonyl (C=O) groups is 1. The molecule has 0 spiro atoms. The number of hydrogen-bond donors (Lipinski definition) is 0. The van der Waals surface area contributed by atoms with Crippen molar-refractivity contribution in [2.45, 2.75) is 19.8 Å². The summed E-state index contributed by atoms with van der Waals surface area (Å²) in [7, 11) is 0. The standard InChI is InChI=1S/C11H9F3N2O2/c1-2-18-10(17)4-8-7(12)3-6(11(13)14)9(5-15)16-8/h3,11H,2,4H2,1H3. The fourth-order valence-electron chi connectivity index (χ4n) is 1.27. The van der Waals surface area contributed by atoms with Gasteiger partial charge in [-0.25, -0.2) is 18.2 Å². The van der Waals surface area contributed by atoms with Gasteiger partial charge in [0.05, 0.1) is 24.3 Å². The van der Waals surface area contributed by atoms with Crippen LogP contribution in [0.4, 0.5) is 13.2 Å². The van der Waals surface area contributed by atoms with Gasteiger partial charge in [-0.15, -0.1) is 0 Å². The fraction of sp³-hybridized carbons (Fsp3) is 0.364. The predicted octanol–water partition coefficient (Wildman–Crippen LogP) is 2.14. The highest BCUT2D eigenvalue weighted by Gasteiger charge is 2.20. The topological polar surface area (TPSA) is 63.0 Å². The van der Waals surface area contributed by atoms with Crippen molar-refractivity contribution in [2.75, 3.05) is 6.61 Å². The van der Waals surface area contributed by atoms with Crippen molar-refractivity contribution in [3.63, 3.8) is 0 Å². The summed E-state index contributed by atoms with van der Waals surface area (Å²) in [4.78, 5) is 14.5. The monoisotopic (exact) mass is 258 g/mol. The second kappa shape index (κ2) is 6.00. The van der Waals surface area contributed by atoms with Crippen LogP contribution in [-0.2, 0) is 16.0 Å². The summed E-state index contributed by atoms with van der Waals surface area (Å²) < 4.78 is 42.9. The zero-order valence-electron chi connectivity index (χ0n) is 9.41. The number of hydrogen-bond acceptors (Lipinski definition) is 4. The maximum absolute atomic E-state index is 13.4. The van der Waals surface area contributed by atoms with E-state index in [1.807, 2.05) is 0 Å². The van der Waals surface area contributed by atoms with Crippen molar-refractivity contribution >= 4 is 5.97 Å². The quantitative estimate of drug-likeness (QED) is 0.776. The third-order valence-electron chi connectivity index (χ3n) is 2.04. The van der Waals surface area contributed by atoms with Gasteiger partial charge in [-0.2, -0.15) is 5.26 Å². The Morgan fingerprint density at radius 3 is 2.78 bits per heavy atom. The molecule has 0 aliphatic heterocycles. The molecule has 18 heavy (non-hydrogen) atoms. The Morgan fingerprint density at radius 1 is 1.61 bits per heavy atom. The summed E-state index contributed by atoms with van der Waals surface area (Å²) >= 11 is 0. The summed E-state index contributed by atoms with van der Waals surface area (Å²) in [5, 5.41) is 8.64.